The Labute approximate surface area is 181 Å². The van der Waals surface area contributed by atoms with E-state index < -0.39 is 0 Å². The van der Waals surface area contributed by atoms with Crippen molar-refractivity contribution in [2.24, 2.45) is 5.92 Å². The predicted octanol–water partition coefficient (Wildman–Crippen LogP) is 5.84. The van der Waals surface area contributed by atoms with Gasteiger partial charge in [0.1, 0.15) is 5.75 Å². The lowest BCUT2D eigenvalue weighted by atomic mass is 9.99. The molecule has 0 aromatic heterocycles. The highest BCUT2D eigenvalue weighted by Gasteiger charge is 2.10. The molecule has 0 saturated heterocycles. The Morgan fingerprint density at radius 1 is 1.10 bits per heavy atom. The van der Waals surface area contributed by atoms with Gasteiger partial charge in [-0.15, -0.1) is 0 Å². The smallest absolute Gasteiger partial charge is 0.331 e. The Bertz CT molecular complexity index is 825. The monoisotopic (exact) mass is 409 g/mol. The maximum atomic E-state index is 12.2. The van der Waals surface area contributed by atoms with E-state index in [1.807, 2.05) is 25.1 Å². The van der Waals surface area contributed by atoms with Crippen molar-refractivity contribution in [3.63, 3.8) is 0 Å². The number of nitrogens with zero attached hydrogens (tertiary/aromatic N) is 1. The molecule has 0 aliphatic heterocycles. The summed E-state index contributed by atoms with van der Waals surface area (Å²) in [5, 5.41) is 10.4. The molecular formula is C26H35NO3. The summed E-state index contributed by atoms with van der Waals surface area (Å²) in [4.78, 5) is 14.3. The van der Waals surface area contributed by atoms with Crippen LogP contribution in [0.15, 0.2) is 54.6 Å². The van der Waals surface area contributed by atoms with E-state index in [4.69, 9.17) is 4.74 Å². The first-order valence-electron chi connectivity index (χ1n) is 10.9. The van der Waals surface area contributed by atoms with E-state index in [-0.39, 0.29) is 11.7 Å². The van der Waals surface area contributed by atoms with Crippen LogP contribution in [0.2, 0.25) is 0 Å². The van der Waals surface area contributed by atoms with Gasteiger partial charge < -0.3 is 14.7 Å². The summed E-state index contributed by atoms with van der Waals surface area (Å²) < 4.78 is 5.39. The van der Waals surface area contributed by atoms with E-state index in [0.29, 0.717) is 23.7 Å². The van der Waals surface area contributed by atoms with E-state index in [1.165, 1.54) is 11.6 Å². The summed E-state index contributed by atoms with van der Waals surface area (Å²) in [7, 11) is 0. The second-order valence-electron chi connectivity index (χ2n) is 7.79. The summed E-state index contributed by atoms with van der Waals surface area (Å²) in [5.74, 6) is 0.296. The van der Waals surface area contributed by atoms with Crippen LogP contribution in [0, 0.1) is 5.92 Å². The first-order valence-corrected chi connectivity index (χ1v) is 10.9. The first-order chi connectivity index (χ1) is 14.4. The number of esters is 1. The minimum Gasteiger partial charge on any atom is -0.507 e. The van der Waals surface area contributed by atoms with Gasteiger partial charge in [0.15, 0.2) is 0 Å². The van der Waals surface area contributed by atoms with Crippen molar-refractivity contribution in [1.29, 1.82) is 0 Å². The summed E-state index contributed by atoms with van der Waals surface area (Å²) in [6, 6.07) is 16.0. The molecule has 0 aliphatic rings. The van der Waals surface area contributed by atoms with Gasteiger partial charge in [-0.1, -0.05) is 37.3 Å². The van der Waals surface area contributed by atoms with E-state index in [9.17, 15) is 9.90 Å². The molecule has 4 heteroatoms. The van der Waals surface area contributed by atoms with Gasteiger partial charge in [-0.05, 0) is 69.2 Å². The number of ether oxygens (including phenoxy) is 1. The van der Waals surface area contributed by atoms with Crippen LogP contribution in [-0.2, 0) is 16.0 Å². The van der Waals surface area contributed by atoms with Crippen LogP contribution in [0.4, 0.5) is 5.69 Å². The average molecular weight is 410 g/mol. The molecule has 0 amide bonds. The van der Waals surface area contributed by atoms with Crippen LogP contribution in [0.1, 0.15) is 51.7 Å². The molecule has 1 unspecified atom stereocenters. The van der Waals surface area contributed by atoms with Crippen LogP contribution in [0.3, 0.4) is 0 Å². The Morgan fingerprint density at radius 3 is 2.43 bits per heavy atom. The fraction of sp³-hybridized carbons (Fsp3) is 0.423. The molecule has 0 bridgehead atoms. The molecule has 162 valence electrons. The number of aryl methyl sites for hydroxylation is 1. The zero-order valence-corrected chi connectivity index (χ0v) is 18.7. The summed E-state index contributed by atoms with van der Waals surface area (Å²) >= 11 is 0. The normalized spacial score (nSPS) is 12.5. The van der Waals surface area contributed by atoms with Gasteiger partial charge in [0.05, 0.1) is 6.61 Å². The average Bonchev–Trinajstić information content (AvgIpc) is 2.74. The van der Waals surface area contributed by atoms with E-state index in [2.05, 4.69) is 49.9 Å². The Balaban J connectivity index is 1.82. The number of anilines is 1. The number of carbonyl (C=O) groups excluding carboxylic acids is 1. The molecule has 1 atom stereocenters. The van der Waals surface area contributed by atoms with Gasteiger partial charge in [0, 0.05) is 36.5 Å². The topological polar surface area (TPSA) is 49.8 Å². The minimum atomic E-state index is -0.366. The predicted molar refractivity (Wildman–Crippen MR) is 125 cm³/mol. The van der Waals surface area contributed by atoms with Crippen LogP contribution >= 0.6 is 0 Å². The van der Waals surface area contributed by atoms with Crippen LogP contribution in [-0.4, -0.2) is 30.8 Å². The van der Waals surface area contributed by atoms with Crippen LogP contribution in [0.5, 0.6) is 5.75 Å². The molecule has 0 heterocycles. The van der Waals surface area contributed by atoms with Crippen molar-refractivity contribution >= 4 is 17.2 Å². The van der Waals surface area contributed by atoms with Crippen molar-refractivity contribution < 1.29 is 14.6 Å². The molecule has 0 saturated carbocycles. The molecule has 30 heavy (non-hydrogen) atoms. The van der Waals surface area contributed by atoms with Gasteiger partial charge >= 0.3 is 5.97 Å². The number of rotatable bonds is 11. The molecule has 1 N–H and O–H groups in total. The highest BCUT2D eigenvalue weighted by Crippen LogP contribution is 2.29. The molecule has 2 rings (SSSR count). The Hall–Kier alpha value is -2.75. The van der Waals surface area contributed by atoms with Crippen molar-refractivity contribution in [3.05, 3.63) is 65.7 Å². The number of benzene rings is 2. The SMILES string of the molecule is CCN(CC)c1ccc(/C(C)=C/C(=O)OCCC(C)CCc2ccccc2)c(O)c1. The van der Waals surface area contributed by atoms with E-state index in [1.54, 1.807) is 6.07 Å². The molecule has 0 fully saturated rings. The minimum absolute atomic E-state index is 0.176. The summed E-state index contributed by atoms with van der Waals surface area (Å²) in [5.41, 5.74) is 3.66. The Morgan fingerprint density at radius 2 is 1.80 bits per heavy atom. The summed E-state index contributed by atoms with van der Waals surface area (Å²) in [6.07, 6.45) is 4.41. The maximum Gasteiger partial charge on any atom is 0.331 e. The standard InChI is InChI=1S/C26H35NO3/c1-5-27(6-2)23-14-15-24(25(28)19-23)21(4)18-26(29)30-17-16-20(3)12-13-22-10-8-7-9-11-22/h7-11,14-15,18-20,28H,5-6,12-13,16-17H2,1-4H3/b21-18+. The quantitative estimate of drug-likeness (QED) is 0.374. The van der Waals surface area contributed by atoms with E-state index >= 15 is 0 Å². The molecule has 2 aromatic rings. The fourth-order valence-electron chi connectivity index (χ4n) is 3.50. The Kier molecular flexibility index (Phi) is 9.46. The maximum absolute atomic E-state index is 12.2. The number of carbonyl (C=O) groups is 1. The fourth-order valence-corrected chi connectivity index (χ4v) is 3.50. The summed E-state index contributed by atoms with van der Waals surface area (Å²) in [6.45, 7) is 10.3. The third kappa shape index (κ3) is 7.25. The zero-order chi connectivity index (χ0) is 21.9. The zero-order valence-electron chi connectivity index (χ0n) is 18.7. The van der Waals surface area contributed by atoms with Crippen molar-refractivity contribution in [3.8, 4) is 5.75 Å². The van der Waals surface area contributed by atoms with Gasteiger partial charge in [-0.25, -0.2) is 4.79 Å². The number of hydrogen-bond donors (Lipinski definition) is 1. The first kappa shape index (κ1) is 23.5. The molecule has 0 spiro atoms. The van der Waals surface area contributed by atoms with Crippen molar-refractivity contribution in [2.45, 2.75) is 47.0 Å². The van der Waals surface area contributed by atoms with Gasteiger partial charge in [-0.2, -0.15) is 0 Å². The molecule has 2 aromatic carbocycles. The second kappa shape index (κ2) is 12.1. The number of phenolic OH excluding ortho intramolecular Hbond substituents is 1. The van der Waals surface area contributed by atoms with Gasteiger partial charge in [0.25, 0.3) is 0 Å². The molecule has 0 aliphatic carbocycles. The van der Waals surface area contributed by atoms with Crippen LogP contribution in [0.25, 0.3) is 5.57 Å². The highest BCUT2D eigenvalue weighted by atomic mass is 16.5. The number of phenols is 1. The lowest BCUT2D eigenvalue weighted by Gasteiger charge is -2.21. The van der Waals surface area contributed by atoms with Gasteiger partial charge in [-0.3, -0.25) is 0 Å². The number of allylic oxidation sites excluding steroid dienone is 1. The lowest BCUT2D eigenvalue weighted by Crippen LogP contribution is -2.21. The van der Waals surface area contributed by atoms with Crippen molar-refractivity contribution in [1.82, 2.24) is 0 Å². The third-order valence-electron chi connectivity index (χ3n) is 5.49. The lowest BCUT2D eigenvalue weighted by molar-refractivity contribution is -0.138. The van der Waals surface area contributed by atoms with Crippen molar-refractivity contribution in [2.75, 3.05) is 24.6 Å². The number of hydrogen-bond acceptors (Lipinski definition) is 4. The largest absolute Gasteiger partial charge is 0.507 e. The van der Waals surface area contributed by atoms with E-state index in [0.717, 1.165) is 38.0 Å². The van der Waals surface area contributed by atoms with Crippen LogP contribution < -0.4 is 4.90 Å². The third-order valence-corrected chi connectivity index (χ3v) is 5.49. The molecular weight excluding hydrogens is 374 g/mol. The highest BCUT2D eigenvalue weighted by molar-refractivity contribution is 5.91. The van der Waals surface area contributed by atoms with Gasteiger partial charge in [0.2, 0.25) is 0 Å². The second-order valence-corrected chi connectivity index (χ2v) is 7.79. The molecule has 4 nitrogen and oxygen atoms in total. The molecule has 0 radical (unpaired) electrons. The number of aromatic hydroxyl groups is 1.